The largest absolute Gasteiger partial charge is 0.493 e. The summed E-state index contributed by atoms with van der Waals surface area (Å²) < 4.78 is 26.4. The highest BCUT2D eigenvalue weighted by Gasteiger charge is 2.12. The number of ether oxygens (including phenoxy) is 5. The van der Waals surface area contributed by atoms with Crippen molar-refractivity contribution in [2.45, 2.75) is 0 Å². The topological polar surface area (TPSA) is 63.2 Å². The Morgan fingerprint density at radius 3 is 2.15 bits per heavy atom. The average molecular weight is 358 g/mol. The van der Waals surface area contributed by atoms with Crippen molar-refractivity contribution in [3.8, 4) is 23.0 Å². The first-order valence-electron chi connectivity index (χ1n) is 8.00. The Kier molecular flexibility index (Phi) is 7.36. The van der Waals surface area contributed by atoms with E-state index in [0.717, 1.165) is 11.3 Å². The number of benzene rings is 2. The molecule has 6 heteroatoms. The lowest BCUT2D eigenvalue weighted by atomic mass is 10.1. The molecule has 138 valence electrons. The van der Waals surface area contributed by atoms with Crippen LogP contribution in [0.1, 0.15) is 5.56 Å². The maximum Gasteiger partial charge on any atom is 0.330 e. The van der Waals surface area contributed by atoms with E-state index in [9.17, 15) is 4.79 Å². The number of methoxy groups -OCH3 is 3. The van der Waals surface area contributed by atoms with Gasteiger partial charge in [0.05, 0.1) is 21.3 Å². The molecule has 0 radical (unpaired) electrons. The second-order valence-corrected chi connectivity index (χ2v) is 5.12. The molecule has 0 saturated carbocycles. The Bertz CT molecular complexity index is 714. The van der Waals surface area contributed by atoms with Gasteiger partial charge < -0.3 is 23.7 Å². The molecule has 0 aliphatic rings. The van der Waals surface area contributed by atoms with Crippen molar-refractivity contribution in [2.75, 3.05) is 34.5 Å². The van der Waals surface area contributed by atoms with Crippen molar-refractivity contribution in [1.29, 1.82) is 0 Å². The summed E-state index contributed by atoms with van der Waals surface area (Å²) in [5, 5.41) is 0. The van der Waals surface area contributed by atoms with Crippen LogP contribution in [-0.4, -0.2) is 40.5 Å². The van der Waals surface area contributed by atoms with Gasteiger partial charge in [-0.3, -0.25) is 0 Å². The summed E-state index contributed by atoms with van der Waals surface area (Å²) in [5.41, 5.74) is 0.719. The van der Waals surface area contributed by atoms with Gasteiger partial charge in [0.25, 0.3) is 0 Å². The molecule has 2 aromatic carbocycles. The van der Waals surface area contributed by atoms with Gasteiger partial charge in [0, 0.05) is 6.08 Å². The number of carbonyl (C=O) groups excluding carboxylic acids is 1. The van der Waals surface area contributed by atoms with E-state index < -0.39 is 5.97 Å². The Hall–Kier alpha value is -3.15. The second kappa shape index (κ2) is 9.98. The molecule has 2 aromatic rings. The van der Waals surface area contributed by atoms with Crippen molar-refractivity contribution in [3.63, 3.8) is 0 Å². The third kappa shape index (κ3) is 5.44. The first-order chi connectivity index (χ1) is 12.7. The van der Waals surface area contributed by atoms with Crippen LogP contribution in [-0.2, 0) is 9.53 Å². The molecule has 0 aliphatic heterocycles. The smallest absolute Gasteiger partial charge is 0.330 e. The molecule has 0 N–H and O–H groups in total. The van der Waals surface area contributed by atoms with E-state index in [1.807, 2.05) is 30.3 Å². The van der Waals surface area contributed by atoms with Crippen molar-refractivity contribution in [2.24, 2.45) is 0 Å². The molecule has 0 unspecified atom stereocenters. The molecular weight excluding hydrogens is 336 g/mol. The lowest BCUT2D eigenvalue weighted by molar-refractivity contribution is -0.138. The summed E-state index contributed by atoms with van der Waals surface area (Å²) >= 11 is 0. The lowest BCUT2D eigenvalue weighted by Crippen LogP contribution is -2.10. The monoisotopic (exact) mass is 358 g/mol. The summed E-state index contributed by atoms with van der Waals surface area (Å²) in [7, 11) is 4.60. The predicted molar refractivity (Wildman–Crippen MR) is 98.0 cm³/mol. The quantitative estimate of drug-likeness (QED) is 0.389. The highest BCUT2D eigenvalue weighted by molar-refractivity contribution is 5.87. The minimum absolute atomic E-state index is 0.160. The van der Waals surface area contributed by atoms with E-state index >= 15 is 0 Å². The zero-order valence-corrected chi connectivity index (χ0v) is 15.1. The fourth-order valence-electron chi connectivity index (χ4n) is 2.23. The molecule has 0 bridgehead atoms. The van der Waals surface area contributed by atoms with E-state index in [1.54, 1.807) is 18.2 Å². The normalized spacial score (nSPS) is 10.4. The molecule has 0 saturated heterocycles. The molecule has 0 amide bonds. The van der Waals surface area contributed by atoms with Crippen LogP contribution in [0.3, 0.4) is 0 Å². The summed E-state index contributed by atoms with van der Waals surface area (Å²) in [6.45, 7) is 0.446. The van der Waals surface area contributed by atoms with E-state index in [0.29, 0.717) is 17.2 Å². The van der Waals surface area contributed by atoms with E-state index in [4.69, 9.17) is 23.7 Å². The van der Waals surface area contributed by atoms with Gasteiger partial charge in [0.15, 0.2) is 11.5 Å². The Labute approximate surface area is 152 Å². The molecule has 0 fully saturated rings. The van der Waals surface area contributed by atoms with Crippen molar-refractivity contribution in [3.05, 3.63) is 54.1 Å². The highest BCUT2D eigenvalue weighted by Crippen LogP contribution is 2.38. The van der Waals surface area contributed by atoms with Crippen LogP contribution in [0.2, 0.25) is 0 Å². The Morgan fingerprint density at radius 1 is 0.923 bits per heavy atom. The summed E-state index contributed by atoms with van der Waals surface area (Å²) in [4.78, 5) is 11.8. The average Bonchev–Trinajstić information content (AvgIpc) is 2.69. The van der Waals surface area contributed by atoms with Crippen LogP contribution in [0.5, 0.6) is 23.0 Å². The molecular formula is C20H22O6. The zero-order chi connectivity index (χ0) is 18.8. The number of rotatable bonds is 9. The molecule has 0 aromatic heterocycles. The van der Waals surface area contributed by atoms with Crippen LogP contribution >= 0.6 is 0 Å². The van der Waals surface area contributed by atoms with Gasteiger partial charge in [-0.15, -0.1) is 0 Å². The summed E-state index contributed by atoms with van der Waals surface area (Å²) in [6, 6.07) is 12.8. The molecule has 2 rings (SSSR count). The summed E-state index contributed by atoms with van der Waals surface area (Å²) in [6.07, 6.45) is 2.95. The van der Waals surface area contributed by atoms with Crippen LogP contribution < -0.4 is 18.9 Å². The number of hydrogen-bond donors (Lipinski definition) is 0. The Balaban J connectivity index is 1.89. The molecule has 0 atom stereocenters. The van der Waals surface area contributed by atoms with E-state index in [2.05, 4.69) is 0 Å². The van der Waals surface area contributed by atoms with Crippen molar-refractivity contribution >= 4 is 12.0 Å². The van der Waals surface area contributed by atoms with Gasteiger partial charge >= 0.3 is 5.97 Å². The molecule has 0 heterocycles. The fraction of sp³-hybridized carbons (Fsp3) is 0.250. The van der Waals surface area contributed by atoms with E-state index in [1.165, 1.54) is 27.4 Å². The molecule has 0 aliphatic carbocycles. The van der Waals surface area contributed by atoms with Gasteiger partial charge in [-0.05, 0) is 35.9 Å². The van der Waals surface area contributed by atoms with Crippen LogP contribution in [0, 0.1) is 0 Å². The third-order valence-corrected chi connectivity index (χ3v) is 3.44. The standard InChI is InChI=1S/C20H22O6/c1-22-17-13-15(14-18(23-2)20(17)24-3)9-10-19(21)26-12-11-25-16-7-5-4-6-8-16/h4-10,13-14H,11-12H2,1-3H3/b10-9+. The second-order valence-electron chi connectivity index (χ2n) is 5.12. The van der Waals surface area contributed by atoms with Gasteiger partial charge in [-0.1, -0.05) is 18.2 Å². The van der Waals surface area contributed by atoms with Crippen molar-refractivity contribution < 1.29 is 28.5 Å². The maximum absolute atomic E-state index is 11.8. The van der Waals surface area contributed by atoms with Gasteiger partial charge in [0.2, 0.25) is 5.75 Å². The zero-order valence-electron chi connectivity index (χ0n) is 15.1. The number of esters is 1. The fourth-order valence-corrected chi connectivity index (χ4v) is 2.23. The van der Waals surface area contributed by atoms with Gasteiger partial charge in [-0.25, -0.2) is 4.79 Å². The highest BCUT2D eigenvalue weighted by atomic mass is 16.6. The van der Waals surface area contributed by atoms with Crippen LogP contribution in [0.25, 0.3) is 6.08 Å². The van der Waals surface area contributed by atoms with Crippen LogP contribution in [0.4, 0.5) is 0 Å². The predicted octanol–water partition coefficient (Wildman–Crippen LogP) is 3.35. The SMILES string of the molecule is COc1cc(/C=C/C(=O)OCCOc2ccccc2)cc(OC)c1OC. The van der Waals surface area contributed by atoms with Crippen molar-refractivity contribution in [1.82, 2.24) is 0 Å². The minimum atomic E-state index is -0.463. The first kappa shape index (κ1) is 19.2. The Morgan fingerprint density at radius 2 is 1.58 bits per heavy atom. The first-order valence-corrected chi connectivity index (χ1v) is 8.00. The lowest BCUT2D eigenvalue weighted by Gasteiger charge is -2.12. The number of carbonyl (C=O) groups is 1. The van der Waals surface area contributed by atoms with Gasteiger partial charge in [-0.2, -0.15) is 0 Å². The number of para-hydroxylation sites is 1. The maximum atomic E-state index is 11.8. The third-order valence-electron chi connectivity index (χ3n) is 3.44. The molecule has 6 nitrogen and oxygen atoms in total. The summed E-state index contributed by atoms with van der Waals surface area (Å²) in [5.74, 6) is 1.78. The van der Waals surface area contributed by atoms with Crippen LogP contribution in [0.15, 0.2) is 48.5 Å². The van der Waals surface area contributed by atoms with Gasteiger partial charge in [0.1, 0.15) is 19.0 Å². The molecule has 0 spiro atoms. The minimum Gasteiger partial charge on any atom is -0.493 e. The molecule has 26 heavy (non-hydrogen) atoms. The van der Waals surface area contributed by atoms with E-state index in [-0.39, 0.29) is 13.2 Å². The number of hydrogen-bond acceptors (Lipinski definition) is 6.